The molecule has 7 heteroatoms. The van der Waals surface area contributed by atoms with E-state index < -0.39 is 21.7 Å². The number of halogens is 2. The normalized spacial score (nSPS) is 11.6. The Bertz CT molecular complexity index is 999. The van der Waals surface area contributed by atoms with Crippen LogP contribution in [0, 0.1) is 11.6 Å². The standard InChI is InChI=1S/C18H16F2N2O2S/c1-21-11-13-9-18(14-5-3-2-4-6-14)22(12-13)25(23,24)15-7-8-16(19)17(20)10-15/h2-10,12,21H,11H2,1H3. The van der Waals surface area contributed by atoms with Crippen LogP contribution >= 0.6 is 0 Å². The summed E-state index contributed by atoms with van der Waals surface area (Å²) < 4.78 is 53.7. The first-order valence-electron chi connectivity index (χ1n) is 7.55. The summed E-state index contributed by atoms with van der Waals surface area (Å²) in [5.74, 6) is -2.30. The average molecular weight is 362 g/mol. The zero-order valence-electron chi connectivity index (χ0n) is 13.4. The lowest BCUT2D eigenvalue weighted by Gasteiger charge is -2.11. The van der Waals surface area contributed by atoms with Crippen molar-refractivity contribution in [2.45, 2.75) is 11.4 Å². The smallest absolute Gasteiger partial charge is 0.268 e. The highest BCUT2D eigenvalue weighted by molar-refractivity contribution is 7.90. The Balaban J connectivity index is 2.19. The van der Waals surface area contributed by atoms with Gasteiger partial charge in [0.15, 0.2) is 11.6 Å². The third-order valence-electron chi connectivity index (χ3n) is 3.74. The minimum Gasteiger partial charge on any atom is -0.316 e. The highest BCUT2D eigenvalue weighted by Crippen LogP contribution is 2.27. The molecular weight excluding hydrogens is 346 g/mol. The quantitative estimate of drug-likeness (QED) is 0.757. The van der Waals surface area contributed by atoms with Gasteiger partial charge in [-0.15, -0.1) is 0 Å². The van der Waals surface area contributed by atoms with Crippen molar-refractivity contribution < 1.29 is 17.2 Å². The van der Waals surface area contributed by atoms with Gasteiger partial charge in [-0.3, -0.25) is 0 Å². The summed E-state index contributed by atoms with van der Waals surface area (Å²) in [5.41, 5.74) is 1.92. The molecule has 130 valence electrons. The fourth-order valence-corrected chi connectivity index (χ4v) is 3.98. The van der Waals surface area contributed by atoms with Crippen molar-refractivity contribution in [2.75, 3.05) is 7.05 Å². The predicted octanol–water partition coefficient (Wildman–Crippen LogP) is 3.39. The van der Waals surface area contributed by atoms with Crippen molar-refractivity contribution in [1.82, 2.24) is 9.29 Å². The molecule has 25 heavy (non-hydrogen) atoms. The third kappa shape index (κ3) is 3.33. The Morgan fingerprint density at radius 2 is 1.72 bits per heavy atom. The van der Waals surface area contributed by atoms with Gasteiger partial charge in [-0.1, -0.05) is 30.3 Å². The van der Waals surface area contributed by atoms with Crippen LogP contribution in [0.1, 0.15) is 5.56 Å². The topological polar surface area (TPSA) is 51.1 Å². The van der Waals surface area contributed by atoms with Gasteiger partial charge in [0.25, 0.3) is 10.0 Å². The number of hydrogen-bond donors (Lipinski definition) is 1. The fraction of sp³-hybridized carbons (Fsp3) is 0.111. The maximum atomic E-state index is 13.5. The molecule has 1 N–H and O–H groups in total. The van der Waals surface area contributed by atoms with Crippen LogP contribution in [0.25, 0.3) is 11.3 Å². The Hall–Kier alpha value is -2.51. The summed E-state index contributed by atoms with van der Waals surface area (Å²) in [7, 11) is -2.32. The molecule has 0 aliphatic carbocycles. The van der Waals surface area contributed by atoms with Crippen molar-refractivity contribution in [3.8, 4) is 11.3 Å². The van der Waals surface area contributed by atoms with Gasteiger partial charge in [0.05, 0.1) is 10.6 Å². The number of hydrogen-bond acceptors (Lipinski definition) is 3. The van der Waals surface area contributed by atoms with Crippen molar-refractivity contribution >= 4 is 10.0 Å². The summed E-state index contributed by atoms with van der Waals surface area (Å²) in [5, 5.41) is 2.97. The predicted molar refractivity (Wildman–Crippen MR) is 91.6 cm³/mol. The Kier molecular flexibility index (Phi) is 4.69. The molecule has 0 aliphatic rings. The summed E-state index contributed by atoms with van der Waals surface area (Å²) >= 11 is 0. The molecule has 1 heterocycles. The lowest BCUT2D eigenvalue weighted by atomic mass is 10.1. The molecule has 0 radical (unpaired) electrons. The number of nitrogens with zero attached hydrogens (tertiary/aromatic N) is 1. The second-order valence-corrected chi connectivity index (χ2v) is 7.32. The van der Waals surface area contributed by atoms with Gasteiger partial charge < -0.3 is 5.32 Å². The molecular formula is C18H16F2N2O2S. The first kappa shape index (κ1) is 17.3. The second kappa shape index (κ2) is 6.78. The van der Waals surface area contributed by atoms with Crippen LogP contribution < -0.4 is 5.32 Å². The van der Waals surface area contributed by atoms with Crippen LogP contribution in [-0.2, 0) is 16.6 Å². The summed E-state index contributed by atoms with van der Waals surface area (Å²) in [6, 6.07) is 13.3. The molecule has 0 spiro atoms. The van der Waals surface area contributed by atoms with Gasteiger partial charge in [0, 0.05) is 12.7 Å². The second-order valence-electron chi connectivity index (χ2n) is 5.51. The first-order chi connectivity index (χ1) is 11.9. The highest BCUT2D eigenvalue weighted by atomic mass is 32.2. The average Bonchev–Trinajstić information content (AvgIpc) is 3.03. The molecule has 2 aromatic carbocycles. The Morgan fingerprint density at radius 1 is 1.00 bits per heavy atom. The van der Waals surface area contributed by atoms with E-state index >= 15 is 0 Å². The SMILES string of the molecule is CNCc1cc(-c2ccccc2)n(S(=O)(=O)c2ccc(F)c(F)c2)c1. The number of rotatable bonds is 5. The van der Waals surface area contributed by atoms with Crippen LogP contribution in [0.4, 0.5) is 8.78 Å². The van der Waals surface area contributed by atoms with E-state index in [-0.39, 0.29) is 4.90 Å². The van der Waals surface area contributed by atoms with E-state index in [2.05, 4.69) is 5.32 Å². The van der Waals surface area contributed by atoms with E-state index in [9.17, 15) is 17.2 Å². The maximum Gasteiger partial charge on any atom is 0.268 e. The van der Waals surface area contributed by atoms with Gasteiger partial charge in [0.2, 0.25) is 0 Å². The zero-order valence-corrected chi connectivity index (χ0v) is 14.2. The lowest BCUT2D eigenvalue weighted by molar-refractivity contribution is 0.504. The van der Waals surface area contributed by atoms with E-state index in [0.29, 0.717) is 23.9 Å². The third-order valence-corrected chi connectivity index (χ3v) is 5.41. The van der Waals surface area contributed by atoms with Crippen LogP contribution in [0.3, 0.4) is 0 Å². The van der Waals surface area contributed by atoms with Gasteiger partial charge in [0.1, 0.15) is 0 Å². The molecule has 0 unspecified atom stereocenters. The molecule has 0 saturated carbocycles. The van der Waals surface area contributed by atoms with Gasteiger partial charge in [-0.05, 0) is 42.4 Å². The minimum atomic E-state index is -4.07. The minimum absolute atomic E-state index is 0.310. The molecule has 0 aliphatic heterocycles. The molecule has 3 rings (SSSR count). The van der Waals surface area contributed by atoms with Crippen molar-refractivity contribution in [1.29, 1.82) is 0 Å². The number of aromatic nitrogens is 1. The van der Waals surface area contributed by atoms with Crippen molar-refractivity contribution in [3.05, 3.63) is 78.0 Å². The maximum absolute atomic E-state index is 13.5. The summed E-state index contributed by atoms with van der Waals surface area (Å²) in [4.78, 5) is -0.310. The Labute approximate surface area is 144 Å². The summed E-state index contributed by atoms with van der Waals surface area (Å²) in [6.07, 6.45) is 1.48. The molecule has 1 aromatic heterocycles. The Morgan fingerprint density at radius 3 is 2.36 bits per heavy atom. The van der Waals surface area contributed by atoms with Crippen molar-refractivity contribution in [2.24, 2.45) is 0 Å². The van der Waals surface area contributed by atoms with Crippen molar-refractivity contribution in [3.63, 3.8) is 0 Å². The van der Waals surface area contributed by atoms with Crippen LogP contribution in [0.15, 0.2) is 65.7 Å². The van der Waals surface area contributed by atoms with Gasteiger partial charge in [-0.2, -0.15) is 0 Å². The van der Waals surface area contributed by atoms with Crippen LogP contribution in [-0.4, -0.2) is 19.4 Å². The molecule has 0 atom stereocenters. The van der Waals surface area contributed by atoms with Crippen LogP contribution in [0.2, 0.25) is 0 Å². The van der Waals surface area contributed by atoms with E-state index in [4.69, 9.17) is 0 Å². The van der Waals surface area contributed by atoms with E-state index in [0.717, 1.165) is 21.7 Å². The molecule has 3 aromatic rings. The molecule has 0 amide bonds. The number of nitrogens with one attached hydrogen (secondary N) is 1. The van der Waals surface area contributed by atoms with Gasteiger partial charge >= 0.3 is 0 Å². The largest absolute Gasteiger partial charge is 0.316 e. The zero-order chi connectivity index (χ0) is 18.0. The highest BCUT2D eigenvalue weighted by Gasteiger charge is 2.23. The lowest BCUT2D eigenvalue weighted by Crippen LogP contribution is -2.14. The van der Waals surface area contributed by atoms with E-state index in [1.54, 1.807) is 37.4 Å². The van der Waals surface area contributed by atoms with E-state index in [1.807, 2.05) is 6.07 Å². The van der Waals surface area contributed by atoms with Gasteiger partial charge in [-0.25, -0.2) is 21.2 Å². The van der Waals surface area contributed by atoms with E-state index in [1.165, 1.54) is 6.20 Å². The molecule has 0 saturated heterocycles. The van der Waals surface area contributed by atoms with Crippen LogP contribution in [0.5, 0.6) is 0 Å². The fourth-order valence-electron chi connectivity index (χ4n) is 2.57. The monoisotopic (exact) mass is 362 g/mol. The number of benzene rings is 2. The molecule has 0 bridgehead atoms. The molecule has 0 fully saturated rings. The summed E-state index contributed by atoms with van der Waals surface area (Å²) in [6.45, 7) is 0.472. The molecule has 4 nitrogen and oxygen atoms in total. The first-order valence-corrected chi connectivity index (χ1v) is 8.99.